The molecule has 0 unspecified atom stereocenters. The second-order valence-corrected chi connectivity index (χ2v) is 8.39. The smallest absolute Gasteiger partial charge is 0.443 e. The number of nitrogens with zero attached hydrogens (tertiary/aromatic N) is 1. The molecule has 2 rings (SSSR count). The largest absolute Gasteiger partial charge is 0.497 e. The molecule has 0 bridgehead atoms. The Bertz CT molecular complexity index is 573. The summed E-state index contributed by atoms with van der Waals surface area (Å²) in [7, 11) is -0.525. The van der Waals surface area contributed by atoms with Crippen molar-refractivity contribution in [2.75, 3.05) is 0 Å². The number of ether oxygens (including phenoxy) is 1. The van der Waals surface area contributed by atoms with Gasteiger partial charge in [0.2, 0.25) is 0 Å². The van der Waals surface area contributed by atoms with Crippen LogP contribution in [-0.2, 0) is 14.0 Å². The Morgan fingerprint density at radius 3 is 2.14 bits per heavy atom. The zero-order valence-electron chi connectivity index (χ0n) is 14.2. The van der Waals surface area contributed by atoms with E-state index in [-0.39, 0.29) is 0 Å². The highest BCUT2D eigenvalue weighted by molar-refractivity contribution is 9.10. The molecule has 0 atom stereocenters. The predicted octanol–water partition coefficient (Wildman–Crippen LogP) is 3.33. The Kier molecular flexibility index (Phi) is 4.30. The molecule has 1 saturated heterocycles. The van der Waals surface area contributed by atoms with Gasteiger partial charge in [0, 0.05) is 22.3 Å². The third kappa shape index (κ3) is 3.41. The summed E-state index contributed by atoms with van der Waals surface area (Å²) < 4.78 is 19.5. The number of halogens is 1. The molecule has 1 aliphatic rings. The summed E-state index contributed by atoms with van der Waals surface area (Å²) >= 11 is 3.46. The van der Waals surface area contributed by atoms with Gasteiger partial charge in [0.05, 0.1) is 11.2 Å². The summed E-state index contributed by atoms with van der Waals surface area (Å²) in [6, 6.07) is 0. The van der Waals surface area contributed by atoms with Crippen LogP contribution in [0.2, 0.25) is 0 Å². The van der Waals surface area contributed by atoms with Crippen LogP contribution in [0.4, 0.5) is 4.79 Å². The van der Waals surface area contributed by atoms with Crippen LogP contribution in [0.5, 0.6) is 0 Å². The van der Waals surface area contributed by atoms with Crippen molar-refractivity contribution in [3.63, 3.8) is 0 Å². The molecule has 0 aliphatic carbocycles. The van der Waals surface area contributed by atoms with Crippen molar-refractivity contribution in [3.05, 3.63) is 16.9 Å². The van der Waals surface area contributed by atoms with Crippen LogP contribution < -0.4 is 5.46 Å². The van der Waals surface area contributed by atoms with Gasteiger partial charge in [-0.05, 0) is 64.4 Å². The average molecular weight is 372 g/mol. The van der Waals surface area contributed by atoms with E-state index in [4.69, 9.17) is 14.0 Å². The van der Waals surface area contributed by atoms with Gasteiger partial charge >= 0.3 is 13.2 Å². The van der Waals surface area contributed by atoms with Gasteiger partial charge in [-0.1, -0.05) is 0 Å². The minimum Gasteiger partial charge on any atom is -0.443 e. The standard InChI is InChI=1S/C15H23BBrNO4/c1-13(2,3)20-12(19)18-8-10(11(17)9-18)16-21-14(4,5)15(6,7)22-16/h8-9H,1-7H3. The lowest BCUT2D eigenvalue weighted by atomic mass is 9.81. The average Bonchev–Trinajstić information content (AvgIpc) is 2.75. The van der Waals surface area contributed by atoms with Crippen LogP contribution in [0.3, 0.4) is 0 Å². The summed E-state index contributed by atoms with van der Waals surface area (Å²) in [5, 5.41) is 0. The van der Waals surface area contributed by atoms with E-state index < -0.39 is 30.0 Å². The van der Waals surface area contributed by atoms with Gasteiger partial charge in [0.15, 0.2) is 0 Å². The maximum Gasteiger partial charge on any atom is 0.497 e. The molecular formula is C15H23BBrNO4. The van der Waals surface area contributed by atoms with E-state index >= 15 is 0 Å². The molecule has 7 heteroatoms. The Balaban J connectivity index is 2.23. The summed E-state index contributed by atoms with van der Waals surface area (Å²) in [5.74, 6) is 0. The van der Waals surface area contributed by atoms with Crippen LogP contribution in [0.25, 0.3) is 0 Å². The van der Waals surface area contributed by atoms with Crippen molar-refractivity contribution in [1.82, 2.24) is 4.57 Å². The Morgan fingerprint density at radius 1 is 1.18 bits per heavy atom. The zero-order chi connectivity index (χ0) is 16.9. The van der Waals surface area contributed by atoms with Crippen molar-refractivity contribution in [2.24, 2.45) is 0 Å². The van der Waals surface area contributed by atoms with Crippen LogP contribution in [0.15, 0.2) is 16.9 Å². The van der Waals surface area contributed by atoms with Crippen molar-refractivity contribution in [3.8, 4) is 0 Å². The highest BCUT2D eigenvalue weighted by Gasteiger charge is 2.52. The van der Waals surface area contributed by atoms with Crippen LogP contribution >= 0.6 is 15.9 Å². The molecule has 0 N–H and O–H groups in total. The molecule has 122 valence electrons. The number of hydrogen-bond donors (Lipinski definition) is 0. The Morgan fingerprint density at radius 2 is 1.68 bits per heavy atom. The van der Waals surface area contributed by atoms with E-state index in [0.717, 1.165) is 9.94 Å². The summed E-state index contributed by atoms with van der Waals surface area (Å²) in [6.45, 7) is 13.5. The maximum atomic E-state index is 12.1. The highest BCUT2D eigenvalue weighted by Crippen LogP contribution is 2.37. The summed E-state index contributed by atoms with van der Waals surface area (Å²) in [5.41, 5.74) is -0.626. The molecule has 0 amide bonds. The lowest BCUT2D eigenvalue weighted by Crippen LogP contribution is -2.41. The van der Waals surface area contributed by atoms with E-state index in [0.29, 0.717) is 0 Å². The number of aromatic nitrogens is 1. The maximum absolute atomic E-state index is 12.1. The molecule has 1 aromatic rings. The van der Waals surface area contributed by atoms with E-state index in [2.05, 4.69) is 15.9 Å². The first kappa shape index (κ1) is 17.6. The molecule has 0 aromatic carbocycles. The van der Waals surface area contributed by atoms with Gasteiger partial charge in [-0.25, -0.2) is 4.79 Å². The third-order valence-electron chi connectivity index (χ3n) is 3.92. The molecule has 5 nitrogen and oxygen atoms in total. The molecule has 22 heavy (non-hydrogen) atoms. The van der Waals surface area contributed by atoms with Gasteiger partial charge in [-0.15, -0.1) is 0 Å². The lowest BCUT2D eigenvalue weighted by molar-refractivity contribution is 0.00578. The zero-order valence-corrected chi connectivity index (χ0v) is 15.8. The molecule has 1 aromatic heterocycles. The number of carbonyl (C=O) groups excluding carboxylic acids is 1. The van der Waals surface area contributed by atoms with Crippen molar-refractivity contribution < 1.29 is 18.8 Å². The normalized spacial score (nSPS) is 20.3. The minimum atomic E-state index is -0.543. The number of hydrogen-bond acceptors (Lipinski definition) is 4. The number of carbonyl (C=O) groups is 1. The highest BCUT2D eigenvalue weighted by atomic mass is 79.9. The van der Waals surface area contributed by atoms with E-state index in [9.17, 15) is 4.79 Å². The van der Waals surface area contributed by atoms with Gasteiger partial charge in [0.25, 0.3) is 0 Å². The van der Waals surface area contributed by atoms with Crippen molar-refractivity contribution in [1.29, 1.82) is 0 Å². The Hall–Kier alpha value is -0.785. The fourth-order valence-electron chi connectivity index (χ4n) is 2.01. The minimum absolute atomic E-state index is 0.425. The second kappa shape index (κ2) is 5.39. The lowest BCUT2D eigenvalue weighted by Gasteiger charge is -2.32. The van der Waals surface area contributed by atoms with Crippen molar-refractivity contribution in [2.45, 2.75) is 65.3 Å². The van der Waals surface area contributed by atoms with Gasteiger partial charge in [0.1, 0.15) is 5.60 Å². The first-order valence-corrected chi connectivity index (χ1v) is 8.08. The quantitative estimate of drug-likeness (QED) is 0.710. The van der Waals surface area contributed by atoms with Gasteiger partial charge < -0.3 is 14.0 Å². The van der Waals surface area contributed by atoms with E-state index in [1.807, 2.05) is 48.5 Å². The summed E-state index contributed by atoms with van der Waals surface area (Å²) in [6.07, 6.45) is 2.91. The van der Waals surface area contributed by atoms with E-state index in [1.165, 1.54) is 4.57 Å². The molecule has 0 saturated carbocycles. The third-order valence-corrected chi connectivity index (χ3v) is 4.58. The molecule has 0 radical (unpaired) electrons. The van der Waals surface area contributed by atoms with Crippen LogP contribution in [-0.4, -0.2) is 34.6 Å². The van der Waals surface area contributed by atoms with Crippen LogP contribution in [0.1, 0.15) is 48.5 Å². The van der Waals surface area contributed by atoms with Crippen LogP contribution in [0, 0.1) is 0 Å². The molecule has 0 spiro atoms. The fourth-order valence-corrected chi connectivity index (χ4v) is 2.52. The molecular weight excluding hydrogens is 349 g/mol. The molecule has 2 heterocycles. The van der Waals surface area contributed by atoms with Gasteiger partial charge in [-0.2, -0.15) is 0 Å². The molecule has 1 aliphatic heterocycles. The Labute approximate surface area is 140 Å². The monoisotopic (exact) mass is 371 g/mol. The second-order valence-electron chi connectivity index (χ2n) is 7.54. The SMILES string of the molecule is CC(C)(C)OC(=O)n1cc(Br)c(B2OC(C)(C)C(C)(C)O2)c1. The summed E-state index contributed by atoms with van der Waals surface area (Å²) in [4.78, 5) is 12.1. The fraction of sp³-hybridized carbons (Fsp3) is 0.667. The first-order chi connectivity index (χ1) is 9.82. The van der Waals surface area contributed by atoms with Crippen molar-refractivity contribution >= 4 is 34.6 Å². The van der Waals surface area contributed by atoms with E-state index in [1.54, 1.807) is 12.4 Å². The topological polar surface area (TPSA) is 49.7 Å². The molecule has 1 fully saturated rings. The first-order valence-electron chi connectivity index (χ1n) is 7.29. The number of rotatable bonds is 1. The van der Waals surface area contributed by atoms with Gasteiger partial charge in [-0.3, -0.25) is 4.57 Å². The predicted molar refractivity (Wildman–Crippen MR) is 89.5 cm³/mol.